The number of nitriles is 1. The molecule has 32 heavy (non-hydrogen) atoms. The van der Waals surface area contributed by atoms with E-state index < -0.39 is 5.82 Å². The van der Waals surface area contributed by atoms with Gasteiger partial charge in [0, 0.05) is 29.1 Å². The van der Waals surface area contributed by atoms with Crippen LogP contribution in [0.15, 0.2) is 42.6 Å². The van der Waals surface area contributed by atoms with E-state index in [9.17, 15) is 9.65 Å². The maximum Gasteiger partial charge on any atom is 0.189 e. The number of fused-ring (bicyclic) bond motifs is 1. The van der Waals surface area contributed by atoms with Crippen LogP contribution >= 0.6 is 34.5 Å². The molecule has 0 saturated carbocycles. The van der Waals surface area contributed by atoms with Crippen molar-refractivity contribution in [1.29, 1.82) is 5.26 Å². The van der Waals surface area contributed by atoms with Crippen LogP contribution in [0.2, 0.25) is 10.0 Å². The van der Waals surface area contributed by atoms with Crippen LogP contribution in [0.5, 0.6) is 0 Å². The number of hydrogen-bond acceptors (Lipinski definition) is 7. The van der Waals surface area contributed by atoms with Crippen molar-refractivity contribution < 1.29 is 4.39 Å². The van der Waals surface area contributed by atoms with Crippen molar-refractivity contribution in [3.63, 3.8) is 0 Å². The SMILES string of the molecule is CN(C)Cc1ccc(Nc2nc3ncc(C#N)c(Nc4ccc(F)c(Cl)c4)c3s2)cc1Cl. The molecule has 0 unspecified atom stereocenters. The van der Waals surface area contributed by atoms with Gasteiger partial charge < -0.3 is 15.5 Å². The van der Waals surface area contributed by atoms with E-state index in [1.807, 2.05) is 37.2 Å². The summed E-state index contributed by atoms with van der Waals surface area (Å²) in [5.74, 6) is -0.517. The predicted molar refractivity (Wildman–Crippen MR) is 129 cm³/mol. The van der Waals surface area contributed by atoms with Gasteiger partial charge in [-0.25, -0.2) is 9.37 Å². The monoisotopic (exact) mass is 486 g/mol. The molecule has 4 aromatic rings. The Bertz CT molecular complexity index is 1350. The zero-order valence-electron chi connectivity index (χ0n) is 17.1. The summed E-state index contributed by atoms with van der Waals surface area (Å²) in [5, 5.41) is 17.2. The number of aromatic nitrogens is 2. The number of benzene rings is 2. The molecule has 0 saturated heterocycles. The fraction of sp³-hybridized carbons (Fsp3) is 0.136. The molecule has 6 nitrogen and oxygen atoms in total. The molecule has 2 heterocycles. The lowest BCUT2D eigenvalue weighted by molar-refractivity contribution is 0.402. The quantitative estimate of drug-likeness (QED) is 0.321. The molecular weight excluding hydrogens is 470 g/mol. The number of pyridine rings is 1. The number of halogens is 3. The average Bonchev–Trinajstić information content (AvgIpc) is 3.15. The molecule has 0 bridgehead atoms. The van der Waals surface area contributed by atoms with E-state index in [4.69, 9.17) is 23.2 Å². The molecular formula is C22H17Cl2FN6S. The Morgan fingerprint density at radius 3 is 2.50 bits per heavy atom. The molecule has 2 aromatic carbocycles. The normalized spacial score (nSPS) is 11.0. The van der Waals surface area contributed by atoms with Crippen molar-refractivity contribution in [2.75, 3.05) is 24.7 Å². The van der Waals surface area contributed by atoms with Gasteiger partial charge in [0.25, 0.3) is 0 Å². The second kappa shape index (κ2) is 9.27. The Morgan fingerprint density at radius 2 is 1.81 bits per heavy atom. The highest BCUT2D eigenvalue weighted by atomic mass is 35.5. The Balaban J connectivity index is 1.67. The Morgan fingerprint density at radius 1 is 1.09 bits per heavy atom. The summed E-state index contributed by atoms with van der Waals surface area (Å²) in [6, 6.07) is 12.1. The summed E-state index contributed by atoms with van der Waals surface area (Å²) >= 11 is 13.6. The summed E-state index contributed by atoms with van der Waals surface area (Å²) in [6.07, 6.45) is 1.45. The maximum atomic E-state index is 13.5. The maximum absolute atomic E-state index is 13.5. The third-order valence-electron chi connectivity index (χ3n) is 4.52. The molecule has 0 aliphatic heterocycles. The number of rotatable bonds is 6. The highest BCUT2D eigenvalue weighted by molar-refractivity contribution is 7.22. The van der Waals surface area contributed by atoms with Crippen LogP contribution in [0.25, 0.3) is 10.3 Å². The number of thiazole rings is 1. The molecule has 0 aliphatic carbocycles. The third kappa shape index (κ3) is 4.76. The third-order valence-corrected chi connectivity index (χ3v) is 6.14. The van der Waals surface area contributed by atoms with Gasteiger partial charge in [-0.2, -0.15) is 10.2 Å². The topological polar surface area (TPSA) is 76.9 Å². The Hall–Kier alpha value is -2.96. The highest BCUT2D eigenvalue weighted by Crippen LogP contribution is 2.37. The van der Waals surface area contributed by atoms with Gasteiger partial charge >= 0.3 is 0 Å². The van der Waals surface area contributed by atoms with Crippen LogP contribution in [0, 0.1) is 17.1 Å². The first-order chi connectivity index (χ1) is 15.3. The number of anilines is 4. The van der Waals surface area contributed by atoms with Crippen LogP contribution in [-0.4, -0.2) is 29.0 Å². The zero-order valence-corrected chi connectivity index (χ0v) is 19.4. The lowest BCUT2D eigenvalue weighted by Crippen LogP contribution is -2.10. The number of nitrogens with one attached hydrogen (secondary N) is 2. The largest absolute Gasteiger partial charge is 0.353 e. The number of hydrogen-bond donors (Lipinski definition) is 2. The molecule has 4 rings (SSSR count). The highest BCUT2D eigenvalue weighted by Gasteiger charge is 2.15. The summed E-state index contributed by atoms with van der Waals surface area (Å²) in [7, 11) is 3.97. The molecule has 0 fully saturated rings. The molecule has 0 amide bonds. The fourth-order valence-electron chi connectivity index (χ4n) is 3.07. The molecule has 10 heteroatoms. The Kier molecular flexibility index (Phi) is 6.44. The zero-order chi connectivity index (χ0) is 22.8. The second-order valence-corrected chi connectivity index (χ2v) is 9.07. The second-order valence-electron chi connectivity index (χ2n) is 7.25. The van der Waals surface area contributed by atoms with Crippen LogP contribution < -0.4 is 10.6 Å². The van der Waals surface area contributed by atoms with Crippen molar-refractivity contribution in [3.05, 3.63) is 69.6 Å². The molecule has 2 aromatic heterocycles. The minimum absolute atomic E-state index is 0.0138. The van der Waals surface area contributed by atoms with E-state index in [0.717, 1.165) is 17.8 Å². The van der Waals surface area contributed by atoms with Gasteiger partial charge in [0.05, 0.1) is 16.3 Å². The van der Waals surface area contributed by atoms with Crippen molar-refractivity contribution >= 4 is 67.1 Å². The van der Waals surface area contributed by atoms with Gasteiger partial charge in [-0.3, -0.25) is 0 Å². The van der Waals surface area contributed by atoms with Gasteiger partial charge in [0.15, 0.2) is 10.8 Å². The van der Waals surface area contributed by atoms with E-state index in [2.05, 4.69) is 26.7 Å². The first-order valence-electron chi connectivity index (χ1n) is 9.46. The molecule has 0 aliphatic rings. The fourth-order valence-corrected chi connectivity index (χ4v) is 4.44. The molecule has 0 atom stereocenters. The standard InChI is InChI=1S/C22H17Cl2FN6S/c1-31(2)11-12-3-4-15(7-16(12)23)29-22-30-21-20(32-22)19(13(9-26)10-27-21)28-14-5-6-18(25)17(24)8-14/h3-8,10H,11H2,1-2H3,(H2,27,28,29,30). The summed E-state index contributed by atoms with van der Waals surface area (Å²) in [6.45, 7) is 0.740. The molecule has 0 radical (unpaired) electrons. The van der Waals surface area contributed by atoms with Crippen LogP contribution in [-0.2, 0) is 6.54 Å². The first-order valence-corrected chi connectivity index (χ1v) is 11.0. The van der Waals surface area contributed by atoms with Gasteiger partial charge in [-0.15, -0.1) is 0 Å². The minimum atomic E-state index is -0.517. The summed E-state index contributed by atoms with van der Waals surface area (Å²) in [5.41, 5.74) is 3.71. The smallest absolute Gasteiger partial charge is 0.189 e. The molecule has 162 valence electrons. The summed E-state index contributed by atoms with van der Waals surface area (Å²) in [4.78, 5) is 10.9. The minimum Gasteiger partial charge on any atom is -0.353 e. The van der Waals surface area contributed by atoms with E-state index in [0.29, 0.717) is 37.4 Å². The number of nitrogens with zero attached hydrogens (tertiary/aromatic N) is 4. The van der Waals surface area contributed by atoms with E-state index in [1.54, 1.807) is 6.07 Å². The van der Waals surface area contributed by atoms with Crippen molar-refractivity contribution in [2.24, 2.45) is 0 Å². The van der Waals surface area contributed by atoms with Crippen molar-refractivity contribution in [2.45, 2.75) is 6.54 Å². The van der Waals surface area contributed by atoms with Crippen molar-refractivity contribution in [1.82, 2.24) is 14.9 Å². The van der Waals surface area contributed by atoms with Crippen LogP contribution in [0.3, 0.4) is 0 Å². The van der Waals surface area contributed by atoms with Gasteiger partial charge in [0.2, 0.25) is 0 Å². The molecule has 0 spiro atoms. The average molecular weight is 487 g/mol. The van der Waals surface area contributed by atoms with Crippen LogP contribution in [0.1, 0.15) is 11.1 Å². The van der Waals surface area contributed by atoms with Crippen LogP contribution in [0.4, 0.5) is 26.6 Å². The van der Waals surface area contributed by atoms with Gasteiger partial charge in [0.1, 0.15) is 16.6 Å². The lowest BCUT2D eigenvalue weighted by atomic mass is 10.2. The lowest BCUT2D eigenvalue weighted by Gasteiger charge is -2.12. The van der Waals surface area contributed by atoms with E-state index in [1.165, 1.54) is 29.7 Å². The molecule has 2 N–H and O–H groups in total. The van der Waals surface area contributed by atoms with E-state index >= 15 is 0 Å². The van der Waals surface area contributed by atoms with Crippen molar-refractivity contribution in [3.8, 4) is 6.07 Å². The predicted octanol–water partition coefficient (Wildman–Crippen LogP) is 6.56. The first kappa shape index (κ1) is 22.2. The van der Waals surface area contributed by atoms with Gasteiger partial charge in [-0.05, 0) is 50.0 Å². The van der Waals surface area contributed by atoms with E-state index in [-0.39, 0.29) is 5.02 Å². The Labute approximate surface area is 198 Å². The summed E-state index contributed by atoms with van der Waals surface area (Å²) < 4.78 is 14.2. The van der Waals surface area contributed by atoms with Gasteiger partial charge in [-0.1, -0.05) is 40.6 Å².